The summed E-state index contributed by atoms with van der Waals surface area (Å²) in [6, 6.07) is 9.67. The Morgan fingerprint density at radius 1 is 1.21 bits per heavy atom. The van der Waals surface area contributed by atoms with Crippen LogP contribution in [0.5, 0.6) is 0 Å². The van der Waals surface area contributed by atoms with Gasteiger partial charge < -0.3 is 10.6 Å². The molecule has 0 fully saturated rings. The Balaban J connectivity index is 2.26. The Labute approximate surface area is 112 Å². The third-order valence-electron chi connectivity index (χ3n) is 3.20. The normalized spacial score (nSPS) is 10.5. The lowest BCUT2D eigenvalue weighted by molar-refractivity contribution is 0.598. The van der Waals surface area contributed by atoms with Crippen LogP contribution in [0.1, 0.15) is 16.7 Å². The molecule has 4 heteroatoms. The van der Waals surface area contributed by atoms with E-state index in [1.807, 2.05) is 38.2 Å². The van der Waals surface area contributed by atoms with Crippen molar-refractivity contribution < 1.29 is 4.39 Å². The smallest absolute Gasteiger partial charge is 0.170 e. The maximum Gasteiger partial charge on any atom is 0.170 e. The fourth-order valence-electron chi connectivity index (χ4n) is 2.01. The zero-order valence-electron chi connectivity index (χ0n) is 11.2. The third kappa shape index (κ3) is 2.90. The van der Waals surface area contributed by atoms with Gasteiger partial charge in [-0.3, -0.25) is 0 Å². The first-order valence-electron chi connectivity index (χ1n) is 6.22. The maximum absolute atomic E-state index is 14.1. The van der Waals surface area contributed by atoms with Gasteiger partial charge in [0.1, 0.15) is 0 Å². The predicted molar refractivity (Wildman–Crippen MR) is 75.4 cm³/mol. The first kappa shape index (κ1) is 13.5. The number of hydrogen-bond acceptors (Lipinski definition) is 3. The van der Waals surface area contributed by atoms with E-state index < -0.39 is 0 Å². The molecule has 2 aromatic rings. The van der Waals surface area contributed by atoms with Gasteiger partial charge in [0.05, 0.1) is 0 Å². The predicted octanol–water partition coefficient (Wildman–Crippen LogP) is 2.62. The summed E-state index contributed by atoms with van der Waals surface area (Å²) < 4.78 is 14.1. The van der Waals surface area contributed by atoms with E-state index in [1.165, 1.54) is 5.56 Å². The highest BCUT2D eigenvalue weighted by Crippen LogP contribution is 2.20. The van der Waals surface area contributed by atoms with Crippen molar-refractivity contribution in [3.63, 3.8) is 0 Å². The second-order valence-electron chi connectivity index (χ2n) is 4.59. The van der Waals surface area contributed by atoms with Gasteiger partial charge in [0, 0.05) is 31.9 Å². The molecular formula is C15H18FN3. The minimum absolute atomic E-state index is 0.180. The molecule has 0 aliphatic carbocycles. The number of hydrogen-bond donors (Lipinski definition) is 1. The fraction of sp³-hybridized carbons (Fsp3) is 0.267. The lowest BCUT2D eigenvalue weighted by atomic mass is 10.1. The molecule has 19 heavy (non-hydrogen) atoms. The van der Waals surface area contributed by atoms with Crippen LogP contribution in [0, 0.1) is 12.7 Å². The van der Waals surface area contributed by atoms with Crippen molar-refractivity contribution in [1.29, 1.82) is 0 Å². The number of nitrogens with two attached hydrogens (primary N) is 1. The van der Waals surface area contributed by atoms with Crippen molar-refractivity contribution in [2.24, 2.45) is 5.73 Å². The molecule has 1 heterocycles. The summed E-state index contributed by atoms with van der Waals surface area (Å²) in [5, 5.41) is 0. The lowest BCUT2D eigenvalue weighted by Gasteiger charge is -2.20. The van der Waals surface area contributed by atoms with E-state index >= 15 is 0 Å². The number of aryl methyl sites for hydroxylation is 1. The van der Waals surface area contributed by atoms with Crippen molar-refractivity contribution >= 4 is 5.82 Å². The highest BCUT2D eigenvalue weighted by molar-refractivity contribution is 5.43. The van der Waals surface area contributed by atoms with E-state index in [-0.39, 0.29) is 12.4 Å². The van der Waals surface area contributed by atoms with Crippen LogP contribution in [0.25, 0.3) is 0 Å². The quantitative estimate of drug-likeness (QED) is 0.917. The molecule has 0 unspecified atom stereocenters. The van der Waals surface area contributed by atoms with Crippen molar-refractivity contribution in [2.45, 2.75) is 20.0 Å². The largest absolute Gasteiger partial charge is 0.353 e. The van der Waals surface area contributed by atoms with Gasteiger partial charge >= 0.3 is 0 Å². The Morgan fingerprint density at radius 2 is 1.95 bits per heavy atom. The van der Waals surface area contributed by atoms with Crippen LogP contribution in [0.4, 0.5) is 10.2 Å². The molecule has 0 atom stereocenters. The van der Waals surface area contributed by atoms with Crippen LogP contribution >= 0.6 is 0 Å². The summed E-state index contributed by atoms with van der Waals surface area (Å²) in [4.78, 5) is 5.91. The Kier molecular flexibility index (Phi) is 4.12. The highest BCUT2D eigenvalue weighted by Gasteiger charge is 2.13. The van der Waals surface area contributed by atoms with Gasteiger partial charge in [-0.25, -0.2) is 9.37 Å². The second kappa shape index (κ2) is 5.80. The van der Waals surface area contributed by atoms with E-state index in [2.05, 4.69) is 4.98 Å². The van der Waals surface area contributed by atoms with Crippen molar-refractivity contribution in [3.8, 4) is 0 Å². The number of halogens is 1. The average Bonchev–Trinajstić information content (AvgIpc) is 2.41. The van der Waals surface area contributed by atoms with Crippen molar-refractivity contribution in [1.82, 2.24) is 4.98 Å². The van der Waals surface area contributed by atoms with Gasteiger partial charge in [-0.1, -0.05) is 24.3 Å². The van der Waals surface area contributed by atoms with Gasteiger partial charge in [0.2, 0.25) is 0 Å². The molecule has 0 bridgehead atoms. The number of aromatic nitrogens is 1. The number of nitrogens with zero attached hydrogens (tertiary/aromatic N) is 2. The summed E-state index contributed by atoms with van der Waals surface area (Å²) >= 11 is 0. The molecule has 0 spiro atoms. The third-order valence-corrected chi connectivity index (χ3v) is 3.20. The summed E-state index contributed by atoms with van der Waals surface area (Å²) in [6.45, 7) is 2.84. The van der Waals surface area contributed by atoms with Crippen LogP contribution < -0.4 is 10.6 Å². The summed E-state index contributed by atoms with van der Waals surface area (Å²) in [7, 11) is 1.83. The van der Waals surface area contributed by atoms with Crippen molar-refractivity contribution in [3.05, 3.63) is 59.0 Å². The van der Waals surface area contributed by atoms with Gasteiger partial charge in [-0.05, 0) is 24.1 Å². The fourth-order valence-corrected chi connectivity index (χ4v) is 2.01. The Hall–Kier alpha value is -1.94. The number of anilines is 1. The Morgan fingerprint density at radius 3 is 2.63 bits per heavy atom. The summed E-state index contributed by atoms with van der Waals surface area (Å²) in [6.07, 6.45) is 1.59. The molecule has 3 nitrogen and oxygen atoms in total. The molecule has 0 aliphatic rings. The van der Waals surface area contributed by atoms with Gasteiger partial charge in [-0.2, -0.15) is 0 Å². The van der Waals surface area contributed by atoms with E-state index in [4.69, 9.17) is 5.73 Å². The molecular weight excluding hydrogens is 241 g/mol. The topological polar surface area (TPSA) is 42.2 Å². The summed E-state index contributed by atoms with van der Waals surface area (Å²) in [5.41, 5.74) is 8.34. The molecule has 1 aromatic carbocycles. The molecule has 2 rings (SSSR count). The first-order chi connectivity index (χ1) is 9.13. The zero-order valence-corrected chi connectivity index (χ0v) is 11.2. The van der Waals surface area contributed by atoms with Crippen LogP contribution in [-0.4, -0.2) is 12.0 Å². The molecule has 0 radical (unpaired) electrons. The molecule has 100 valence electrons. The molecule has 0 aliphatic heterocycles. The number of rotatable bonds is 4. The summed E-state index contributed by atoms with van der Waals surface area (Å²) in [5.74, 6) is 0.00675. The average molecular weight is 259 g/mol. The highest BCUT2D eigenvalue weighted by atomic mass is 19.1. The van der Waals surface area contributed by atoms with E-state index in [0.717, 1.165) is 5.56 Å². The number of benzene rings is 1. The standard InChI is InChI=1S/C15H18FN3/c1-11-5-3-4-6-13(11)10-19(2)15-14(16)12(9-17)7-8-18-15/h3-8H,9-10,17H2,1-2H3. The zero-order chi connectivity index (χ0) is 13.8. The molecule has 1 aromatic heterocycles. The van der Waals surface area contributed by atoms with E-state index in [0.29, 0.717) is 17.9 Å². The molecule has 0 saturated heterocycles. The second-order valence-corrected chi connectivity index (χ2v) is 4.59. The van der Waals surface area contributed by atoms with Crippen molar-refractivity contribution in [2.75, 3.05) is 11.9 Å². The van der Waals surface area contributed by atoms with E-state index in [9.17, 15) is 4.39 Å². The van der Waals surface area contributed by atoms with Gasteiger partial charge in [-0.15, -0.1) is 0 Å². The Bertz CT molecular complexity index is 569. The lowest BCUT2D eigenvalue weighted by Crippen LogP contribution is -2.20. The first-order valence-corrected chi connectivity index (χ1v) is 6.22. The van der Waals surface area contributed by atoms with Gasteiger partial charge in [0.15, 0.2) is 11.6 Å². The monoisotopic (exact) mass is 259 g/mol. The number of pyridine rings is 1. The van der Waals surface area contributed by atoms with Crippen LogP contribution in [-0.2, 0) is 13.1 Å². The van der Waals surface area contributed by atoms with Crippen LogP contribution in [0.2, 0.25) is 0 Å². The van der Waals surface area contributed by atoms with Crippen LogP contribution in [0.15, 0.2) is 36.5 Å². The maximum atomic E-state index is 14.1. The van der Waals surface area contributed by atoms with Crippen LogP contribution in [0.3, 0.4) is 0 Å². The van der Waals surface area contributed by atoms with E-state index in [1.54, 1.807) is 17.2 Å². The van der Waals surface area contributed by atoms with Gasteiger partial charge in [0.25, 0.3) is 0 Å². The SMILES string of the molecule is Cc1ccccc1CN(C)c1nccc(CN)c1F. The minimum Gasteiger partial charge on any atom is -0.353 e. The molecule has 2 N–H and O–H groups in total. The molecule has 0 amide bonds. The minimum atomic E-state index is -0.332. The molecule has 0 saturated carbocycles.